The van der Waals surface area contributed by atoms with Crippen LogP contribution in [-0.2, 0) is 16.4 Å². The van der Waals surface area contributed by atoms with Gasteiger partial charge in [0.25, 0.3) is 0 Å². The Kier molecular flexibility index (Phi) is 6.03. The predicted molar refractivity (Wildman–Crippen MR) is 96.3 cm³/mol. The van der Waals surface area contributed by atoms with Gasteiger partial charge in [-0.15, -0.1) is 11.3 Å². The Bertz CT molecular complexity index is 810. The molecule has 0 saturated heterocycles. The molecule has 0 aliphatic rings. The first-order valence-corrected chi connectivity index (χ1v) is 9.96. The lowest BCUT2D eigenvalue weighted by Gasteiger charge is -2.13. The van der Waals surface area contributed by atoms with E-state index in [4.69, 9.17) is 4.74 Å². The molecule has 0 bridgehead atoms. The topological polar surface area (TPSA) is 75.6 Å². The molecule has 1 atom stereocenters. The van der Waals surface area contributed by atoms with E-state index in [1.165, 1.54) is 18.4 Å². The van der Waals surface area contributed by atoms with Crippen LogP contribution in [0.5, 0.6) is 5.75 Å². The number of nitrogens with one attached hydrogen (secondary N) is 1. The van der Waals surface area contributed by atoms with Crippen molar-refractivity contribution in [1.82, 2.24) is 4.72 Å². The highest BCUT2D eigenvalue weighted by atomic mass is 32.2. The van der Waals surface area contributed by atoms with E-state index < -0.39 is 16.1 Å². The fraction of sp³-hybridized carbons (Fsp3) is 0.412. The Morgan fingerprint density at radius 3 is 2.50 bits per heavy atom. The molecular formula is C17H23NO4S2. The Labute approximate surface area is 147 Å². The smallest absolute Gasteiger partial charge is 0.244 e. The van der Waals surface area contributed by atoms with Crippen LogP contribution in [0.15, 0.2) is 29.2 Å². The molecule has 1 heterocycles. The quantitative estimate of drug-likeness (QED) is 0.787. The van der Waals surface area contributed by atoms with Crippen LogP contribution >= 0.6 is 11.3 Å². The number of rotatable bonds is 7. The van der Waals surface area contributed by atoms with Gasteiger partial charge in [-0.25, -0.2) is 13.1 Å². The summed E-state index contributed by atoms with van der Waals surface area (Å²) in [5.74, 6) is 0.345. The third-order valence-corrected chi connectivity index (χ3v) is 6.62. The zero-order chi connectivity index (χ0) is 17.9. The van der Waals surface area contributed by atoms with Crippen LogP contribution < -0.4 is 9.46 Å². The lowest BCUT2D eigenvalue weighted by atomic mass is 10.1. The average molecular weight is 370 g/mol. The zero-order valence-electron chi connectivity index (χ0n) is 14.3. The molecule has 0 unspecified atom stereocenters. The number of ether oxygens (including phenoxy) is 1. The normalized spacial score (nSPS) is 13.0. The van der Waals surface area contributed by atoms with Crippen LogP contribution in [0, 0.1) is 13.8 Å². The van der Waals surface area contributed by atoms with Crippen LogP contribution in [0.1, 0.15) is 33.9 Å². The largest absolute Gasteiger partial charge is 0.495 e. The van der Waals surface area contributed by atoms with Crippen molar-refractivity contribution in [2.24, 2.45) is 0 Å². The van der Waals surface area contributed by atoms with Gasteiger partial charge in [0, 0.05) is 16.3 Å². The van der Waals surface area contributed by atoms with Crippen molar-refractivity contribution in [1.29, 1.82) is 0 Å². The van der Waals surface area contributed by atoms with Gasteiger partial charge in [0.1, 0.15) is 10.6 Å². The molecule has 7 heteroatoms. The average Bonchev–Trinajstić information content (AvgIpc) is 2.98. The van der Waals surface area contributed by atoms with E-state index >= 15 is 0 Å². The van der Waals surface area contributed by atoms with Gasteiger partial charge >= 0.3 is 0 Å². The molecule has 1 aromatic heterocycles. The summed E-state index contributed by atoms with van der Waals surface area (Å²) in [7, 11) is -2.18. The molecule has 0 aliphatic carbocycles. The minimum atomic E-state index is -3.64. The lowest BCUT2D eigenvalue weighted by molar-refractivity contribution is 0.203. The van der Waals surface area contributed by atoms with E-state index in [0.29, 0.717) is 12.2 Å². The first-order valence-electron chi connectivity index (χ1n) is 7.66. The lowest BCUT2D eigenvalue weighted by Crippen LogP contribution is -2.26. The Morgan fingerprint density at radius 1 is 1.25 bits per heavy atom. The molecule has 0 fully saturated rings. The number of methoxy groups -OCH3 is 1. The maximum Gasteiger partial charge on any atom is 0.244 e. The van der Waals surface area contributed by atoms with E-state index in [0.717, 1.165) is 20.9 Å². The SMILES string of the molecule is COc1cc(C)c(C)cc1S(=O)(=O)NCCc1ccc([C@H](C)O)s1. The molecule has 0 radical (unpaired) electrons. The summed E-state index contributed by atoms with van der Waals surface area (Å²) in [5.41, 5.74) is 1.88. The Balaban J connectivity index is 2.10. The van der Waals surface area contributed by atoms with E-state index in [-0.39, 0.29) is 11.4 Å². The van der Waals surface area contributed by atoms with Gasteiger partial charge in [-0.1, -0.05) is 0 Å². The van der Waals surface area contributed by atoms with Crippen LogP contribution in [0.25, 0.3) is 0 Å². The van der Waals surface area contributed by atoms with Gasteiger partial charge in [-0.2, -0.15) is 0 Å². The number of aliphatic hydroxyl groups is 1. The van der Waals surface area contributed by atoms with Gasteiger partial charge in [0.05, 0.1) is 13.2 Å². The van der Waals surface area contributed by atoms with E-state index in [2.05, 4.69) is 4.72 Å². The first-order chi connectivity index (χ1) is 11.2. The van der Waals surface area contributed by atoms with Gasteiger partial charge in [0.15, 0.2) is 0 Å². The van der Waals surface area contributed by atoms with E-state index in [1.54, 1.807) is 19.1 Å². The first kappa shape index (κ1) is 18.9. The van der Waals surface area contributed by atoms with Crippen molar-refractivity contribution in [2.45, 2.75) is 38.2 Å². The summed E-state index contributed by atoms with van der Waals surface area (Å²) in [6.45, 7) is 5.79. The standard InChI is InChI=1S/C17H23NO4S2/c1-11-9-15(22-4)17(10-12(11)2)24(20,21)18-8-7-14-5-6-16(23-14)13(3)19/h5-6,9-10,13,18-19H,7-8H2,1-4H3/t13-/m0/s1. The summed E-state index contributed by atoms with van der Waals surface area (Å²) < 4.78 is 32.9. The molecular weight excluding hydrogens is 346 g/mol. The fourth-order valence-electron chi connectivity index (χ4n) is 2.27. The summed E-state index contributed by atoms with van der Waals surface area (Å²) in [4.78, 5) is 2.06. The van der Waals surface area contributed by atoms with Gasteiger partial charge in [0.2, 0.25) is 10.0 Å². The molecule has 2 rings (SSSR count). The molecule has 0 saturated carbocycles. The highest BCUT2D eigenvalue weighted by molar-refractivity contribution is 7.89. The maximum atomic E-state index is 12.6. The molecule has 24 heavy (non-hydrogen) atoms. The molecule has 0 amide bonds. The van der Waals surface area contributed by atoms with Crippen molar-refractivity contribution in [2.75, 3.05) is 13.7 Å². The summed E-state index contributed by atoms with van der Waals surface area (Å²) in [5, 5.41) is 9.53. The highest BCUT2D eigenvalue weighted by Gasteiger charge is 2.20. The molecule has 132 valence electrons. The third-order valence-electron chi connectivity index (χ3n) is 3.83. The number of hydrogen-bond acceptors (Lipinski definition) is 5. The number of sulfonamides is 1. The van der Waals surface area contributed by atoms with Crippen molar-refractivity contribution >= 4 is 21.4 Å². The molecule has 0 spiro atoms. The van der Waals surface area contributed by atoms with Crippen LogP contribution in [0.4, 0.5) is 0 Å². The summed E-state index contributed by atoms with van der Waals surface area (Å²) in [6.07, 6.45) is 0.0734. The highest BCUT2D eigenvalue weighted by Crippen LogP contribution is 2.27. The van der Waals surface area contributed by atoms with Crippen molar-refractivity contribution in [3.05, 3.63) is 45.1 Å². The van der Waals surface area contributed by atoms with E-state index in [1.807, 2.05) is 26.0 Å². The predicted octanol–water partition coefficient (Wildman–Crippen LogP) is 2.95. The number of thiophene rings is 1. The van der Waals surface area contributed by atoms with Crippen LogP contribution in [0.3, 0.4) is 0 Å². The van der Waals surface area contributed by atoms with Crippen molar-refractivity contribution < 1.29 is 18.3 Å². The Hall–Kier alpha value is -1.41. The summed E-state index contributed by atoms with van der Waals surface area (Å²) in [6, 6.07) is 7.15. The molecule has 2 N–H and O–H groups in total. The maximum absolute atomic E-state index is 12.6. The van der Waals surface area contributed by atoms with Crippen LogP contribution in [0.2, 0.25) is 0 Å². The van der Waals surface area contributed by atoms with Gasteiger partial charge in [-0.05, 0) is 62.6 Å². The number of benzene rings is 1. The van der Waals surface area contributed by atoms with Gasteiger partial charge < -0.3 is 9.84 Å². The minimum Gasteiger partial charge on any atom is -0.495 e. The fourth-order valence-corrected chi connectivity index (χ4v) is 4.49. The van der Waals surface area contributed by atoms with Crippen molar-refractivity contribution in [3.8, 4) is 5.75 Å². The number of hydrogen-bond donors (Lipinski definition) is 2. The molecule has 1 aromatic carbocycles. The number of aliphatic hydroxyl groups excluding tert-OH is 1. The monoisotopic (exact) mass is 369 g/mol. The Morgan fingerprint density at radius 2 is 1.92 bits per heavy atom. The zero-order valence-corrected chi connectivity index (χ0v) is 15.9. The molecule has 2 aromatic rings. The van der Waals surface area contributed by atoms with Gasteiger partial charge in [-0.3, -0.25) is 0 Å². The second-order valence-corrected chi connectivity index (χ2v) is 8.65. The summed E-state index contributed by atoms with van der Waals surface area (Å²) >= 11 is 1.49. The minimum absolute atomic E-state index is 0.156. The van der Waals surface area contributed by atoms with E-state index in [9.17, 15) is 13.5 Å². The second kappa shape index (κ2) is 7.65. The van der Waals surface area contributed by atoms with Crippen molar-refractivity contribution in [3.63, 3.8) is 0 Å². The second-order valence-electron chi connectivity index (χ2n) is 5.72. The third kappa shape index (κ3) is 4.36. The molecule has 5 nitrogen and oxygen atoms in total. The molecule has 0 aliphatic heterocycles. The van der Waals surface area contributed by atoms with Crippen LogP contribution in [-0.4, -0.2) is 27.2 Å². The number of aryl methyl sites for hydroxylation is 2.